The van der Waals surface area contributed by atoms with Crippen LogP contribution in [-0.2, 0) is 6.54 Å². The zero-order valence-corrected chi connectivity index (χ0v) is 14.7. The van der Waals surface area contributed by atoms with Gasteiger partial charge in [0.15, 0.2) is 0 Å². The first kappa shape index (κ1) is 15.9. The van der Waals surface area contributed by atoms with E-state index in [9.17, 15) is 4.79 Å². The van der Waals surface area contributed by atoms with E-state index in [0.717, 1.165) is 26.2 Å². The molecule has 1 N–H and O–H groups in total. The summed E-state index contributed by atoms with van der Waals surface area (Å²) in [6.07, 6.45) is 12.0. The first-order valence-corrected chi connectivity index (χ1v) is 9.40. The SMILES string of the molecule is C[C@H]1CCCCN1C1CN(C(=O)NCC2(Cn3ccnc3)CC2)C1. The van der Waals surface area contributed by atoms with Gasteiger partial charge in [0.2, 0.25) is 0 Å². The van der Waals surface area contributed by atoms with Crippen LogP contribution in [0.25, 0.3) is 0 Å². The van der Waals surface area contributed by atoms with E-state index in [2.05, 4.69) is 26.7 Å². The lowest BCUT2D eigenvalue weighted by Crippen LogP contribution is -2.65. The third-order valence-corrected chi connectivity index (χ3v) is 6.12. The van der Waals surface area contributed by atoms with Crippen molar-refractivity contribution < 1.29 is 4.79 Å². The average molecular weight is 331 g/mol. The van der Waals surface area contributed by atoms with Crippen molar-refractivity contribution in [1.82, 2.24) is 24.7 Å². The van der Waals surface area contributed by atoms with Gasteiger partial charge in [0.25, 0.3) is 0 Å². The molecule has 0 unspecified atom stereocenters. The lowest BCUT2D eigenvalue weighted by molar-refractivity contribution is 0.0167. The Hall–Kier alpha value is -1.56. The molecule has 2 aliphatic heterocycles. The van der Waals surface area contributed by atoms with Gasteiger partial charge in [-0.2, -0.15) is 0 Å². The number of hydrogen-bond donors (Lipinski definition) is 1. The van der Waals surface area contributed by atoms with E-state index < -0.39 is 0 Å². The van der Waals surface area contributed by atoms with E-state index in [1.54, 1.807) is 0 Å². The molecule has 0 radical (unpaired) electrons. The fraction of sp³-hybridized carbons (Fsp3) is 0.778. The molecule has 6 heteroatoms. The third kappa shape index (κ3) is 3.29. The number of urea groups is 1. The number of likely N-dealkylation sites (tertiary alicyclic amines) is 2. The maximum Gasteiger partial charge on any atom is 0.317 e. The standard InChI is InChI=1S/C18H29N5O/c1-15-4-2-3-8-23(15)16-10-22(11-16)17(24)20-12-18(5-6-18)13-21-9-7-19-14-21/h7,9,14-16H,2-6,8,10-13H2,1H3,(H,20,24)/t15-/m0/s1. The molecule has 1 aromatic rings. The Balaban J connectivity index is 1.21. The van der Waals surface area contributed by atoms with Gasteiger partial charge in [-0.25, -0.2) is 9.78 Å². The minimum Gasteiger partial charge on any atom is -0.337 e. The van der Waals surface area contributed by atoms with Crippen molar-refractivity contribution >= 4 is 6.03 Å². The monoisotopic (exact) mass is 331 g/mol. The Kier molecular flexibility index (Phi) is 4.24. The van der Waals surface area contributed by atoms with Crippen LogP contribution in [0.15, 0.2) is 18.7 Å². The van der Waals surface area contributed by atoms with Crippen LogP contribution in [0.3, 0.4) is 0 Å². The number of hydrogen-bond acceptors (Lipinski definition) is 3. The lowest BCUT2D eigenvalue weighted by Gasteiger charge is -2.49. The Morgan fingerprint density at radius 2 is 2.17 bits per heavy atom. The maximum absolute atomic E-state index is 12.4. The van der Waals surface area contributed by atoms with Gasteiger partial charge >= 0.3 is 6.03 Å². The normalized spacial score (nSPS) is 26.9. The number of carbonyl (C=O) groups excluding carboxylic acids is 1. The minimum absolute atomic E-state index is 0.118. The van der Waals surface area contributed by atoms with E-state index in [1.807, 2.05) is 23.6 Å². The minimum atomic E-state index is 0.118. The number of nitrogens with zero attached hydrogens (tertiary/aromatic N) is 4. The van der Waals surface area contributed by atoms with Gasteiger partial charge in [-0.05, 0) is 39.2 Å². The fourth-order valence-corrected chi connectivity index (χ4v) is 4.20. The molecule has 3 fully saturated rings. The molecule has 132 valence electrons. The van der Waals surface area contributed by atoms with Crippen molar-refractivity contribution in [3.8, 4) is 0 Å². The number of rotatable bonds is 5. The summed E-state index contributed by atoms with van der Waals surface area (Å²) in [4.78, 5) is 21.1. The zero-order chi connectivity index (χ0) is 16.6. The second-order valence-corrected chi connectivity index (χ2v) is 8.04. The van der Waals surface area contributed by atoms with Crippen LogP contribution < -0.4 is 5.32 Å². The van der Waals surface area contributed by atoms with E-state index >= 15 is 0 Å². The van der Waals surface area contributed by atoms with Crippen molar-refractivity contribution in [2.24, 2.45) is 5.41 Å². The summed E-state index contributed by atoms with van der Waals surface area (Å²) >= 11 is 0. The highest BCUT2D eigenvalue weighted by Gasteiger charge is 2.44. The largest absolute Gasteiger partial charge is 0.337 e. The predicted octanol–water partition coefficient (Wildman–Crippen LogP) is 1.93. The number of carbonyl (C=O) groups is 1. The van der Waals surface area contributed by atoms with Crippen LogP contribution in [0.1, 0.15) is 39.0 Å². The summed E-state index contributed by atoms with van der Waals surface area (Å²) in [7, 11) is 0. The van der Waals surface area contributed by atoms with Crippen molar-refractivity contribution in [3.05, 3.63) is 18.7 Å². The molecule has 4 rings (SSSR count). The molecule has 0 aromatic carbocycles. The quantitative estimate of drug-likeness (QED) is 0.897. The van der Waals surface area contributed by atoms with E-state index in [0.29, 0.717) is 12.1 Å². The van der Waals surface area contributed by atoms with Crippen molar-refractivity contribution in [2.45, 2.75) is 57.7 Å². The molecule has 1 aromatic heterocycles. The average Bonchev–Trinajstić information content (AvgIpc) is 3.10. The second kappa shape index (κ2) is 6.39. The van der Waals surface area contributed by atoms with Gasteiger partial charge in [-0.1, -0.05) is 6.42 Å². The van der Waals surface area contributed by atoms with Crippen molar-refractivity contribution in [3.63, 3.8) is 0 Å². The lowest BCUT2D eigenvalue weighted by atomic mass is 9.98. The van der Waals surface area contributed by atoms with Crippen LogP contribution in [0.2, 0.25) is 0 Å². The summed E-state index contributed by atoms with van der Waals surface area (Å²) in [6.45, 7) is 7.06. The third-order valence-electron chi connectivity index (χ3n) is 6.12. The molecule has 3 aliphatic rings. The number of imidazole rings is 1. The molecule has 0 bridgehead atoms. The van der Waals surface area contributed by atoms with Crippen LogP contribution in [-0.4, -0.2) is 63.6 Å². The van der Waals surface area contributed by atoms with Gasteiger partial charge in [-0.3, -0.25) is 4.90 Å². The number of aromatic nitrogens is 2. The molecule has 24 heavy (non-hydrogen) atoms. The number of nitrogens with one attached hydrogen (secondary N) is 1. The molecular weight excluding hydrogens is 302 g/mol. The molecule has 0 spiro atoms. The van der Waals surface area contributed by atoms with Crippen LogP contribution >= 0.6 is 0 Å². The maximum atomic E-state index is 12.4. The summed E-state index contributed by atoms with van der Waals surface area (Å²) < 4.78 is 2.12. The van der Waals surface area contributed by atoms with Crippen LogP contribution in [0.4, 0.5) is 4.79 Å². The van der Waals surface area contributed by atoms with E-state index in [4.69, 9.17) is 0 Å². The van der Waals surface area contributed by atoms with Crippen LogP contribution in [0.5, 0.6) is 0 Å². The molecule has 6 nitrogen and oxygen atoms in total. The molecule has 2 amide bonds. The molecular formula is C18H29N5O. The van der Waals surface area contributed by atoms with Gasteiger partial charge in [-0.15, -0.1) is 0 Å². The second-order valence-electron chi connectivity index (χ2n) is 8.04. The highest BCUT2D eigenvalue weighted by atomic mass is 16.2. The molecule has 1 saturated carbocycles. The molecule has 1 atom stereocenters. The zero-order valence-electron chi connectivity index (χ0n) is 14.7. The Morgan fingerprint density at radius 1 is 1.33 bits per heavy atom. The first-order chi connectivity index (χ1) is 11.7. The van der Waals surface area contributed by atoms with Gasteiger partial charge in [0.1, 0.15) is 0 Å². The first-order valence-electron chi connectivity index (χ1n) is 9.40. The summed E-state index contributed by atoms with van der Waals surface area (Å²) in [5.74, 6) is 0. The number of piperidine rings is 1. The van der Waals surface area contributed by atoms with Gasteiger partial charge < -0.3 is 14.8 Å². The van der Waals surface area contributed by atoms with Crippen LogP contribution in [0, 0.1) is 5.41 Å². The summed E-state index contributed by atoms with van der Waals surface area (Å²) in [5, 5.41) is 3.17. The van der Waals surface area contributed by atoms with Crippen molar-refractivity contribution in [2.75, 3.05) is 26.2 Å². The highest BCUT2D eigenvalue weighted by molar-refractivity contribution is 5.75. The molecule has 2 saturated heterocycles. The predicted molar refractivity (Wildman–Crippen MR) is 92.7 cm³/mol. The molecule has 3 heterocycles. The fourth-order valence-electron chi connectivity index (χ4n) is 4.20. The van der Waals surface area contributed by atoms with Gasteiger partial charge in [0, 0.05) is 56.1 Å². The Morgan fingerprint density at radius 3 is 2.83 bits per heavy atom. The molecule has 1 aliphatic carbocycles. The smallest absolute Gasteiger partial charge is 0.317 e. The Bertz CT molecular complexity index is 562. The summed E-state index contributed by atoms with van der Waals surface area (Å²) in [6, 6.07) is 1.37. The Labute approximate surface area is 144 Å². The van der Waals surface area contributed by atoms with E-state index in [1.165, 1.54) is 38.6 Å². The van der Waals surface area contributed by atoms with Gasteiger partial charge in [0.05, 0.1) is 6.33 Å². The highest BCUT2D eigenvalue weighted by Crippen LogP contribution is 2.46. The van der Waals surface area contributed by atoms with E-state index in [-0.39, 0.29) is 11.4 Å². The number of amides is 2. The summed E-state index contributed by atoms with van der Waals surface area (Å²) in [5.41, 5.74) is 0.252. The topological polar surface area (TPSA) is 53.4 Å². The van der Waals surface area contributed by atoms with Crippen molar-refractivity contribution in [1.29, 1.82) is 0 Å².